The standard InChI is InChI=1S/C14H20FN3O/c1-10(2)18-8-14(15,17-9-18)12-6-11(7-16)4-5-13(12)19-3/h4-6,9-10H,7-8,16H2,1-3H3. The average molecular weight is 265 g/mol. The normalized spacial score (nSPS) is 22.3. The Morgan fingerprint density at radius 1 is 1.53 bits per heavy atom. The van der Waals surface area contributed by atoms with Gasteiger partial charge in [-0.05, 0) is 31.5 Å². The average Bonchev–Trinajstić information content (AvgIpc) is 2.82. The van der Waals surface area contributed by atoms with Gasteiger partial charge < -0.3 is 15.4 Å². The van der Waals surface area contributed by atoms with Gasteiger partial charge in [0.15, 0.2) is 0 Å². The number of hydrogen-bond donors (Lipinski definition) is 1. The largest absolute Gasteiger partial charge is 0.496 e. The summed E-state index contributed by atoms with van der Waals surface area (Å²) >= 11 is 0. The van der Waals surface area contributed by atoms with Gasteiger partial charge in [0.1, 0.15) is 5.75 Å². The summed E-state index contributed by atoms with van der Waals surface area (Å²) in [5.74, 6) is -1.26. The van der Waals surface area contributed by atoms with Crippen molar-refractivity contribution < 1.29 is 9.13 Å². The molecular formula is C14H20FN3O. The molecule has 1 heterocycles. The topological polar surface area (TPSA) is 50.9 Å². The molecule has 0 amide bonds. The van der Waals surface area contributed by atoms with Crippen molar-refractivity contribution in [1.82, 2.24) is 4.90 Å². The summed E-state index contributed by atoms with van der Waals surface area (Å²) in [6.45, 7) is 4.58. The highest BCUT2D eigenvalue weighted by atomic mass is 19.1. The number of nitrogens with zero attached hydrogens (tertiary/aromatic N) is 2. The summed E-state index contributed by atoms with van der Waals surface area (Å²) in [6, 6.07) is 5.53. The van der Waals surface area contributed by atoms with Crippen molar-refractivity contribution in [2.24, 2.45) is 10.7 Å². The Morgan fingerprint density at radius 3 is 2.79 bits per heavy atom. The summed E-state index contributed by atoms with van der Waals surface area (Å²) in [4.78, 5) is 5.91. The zero-order valence-electron chi connectivity index (χ0n) is 11.6. The number of aliphatic imine (C=N–C) groups is 1. The molecule has 1 atom stereocenters. The summed E-state index contributed by atoms with van der Waals surface area (Å²) < 4.78 is 20.3. The molecule has 0 fully saturated rings. The first-order valence-electron chi connectivity index (χ1n) is 6.37. The molecule has 1 aliphatic heterocycles. The van der Waals surface area contributed by atoms with Crippen LogP contribution in [-0.4, -0.2) is 30.9 Å². The Kier molecular flexibility index (Phi) is 3.75. The molecule has 0 saturated carbocycles. The van der Waals surface area contributed by atoms with Gasteiger partial charge in [0.25, 0.3) is 0 Å². The molecule has 0 radical (unpaired) electrons. The highest BCUT2D eigenvalue weighted by molar-refractivity contribution is 5.61. The summed E-state index contributed by atoms with van der Waals surface area (Å²) in [7, 11) is 1.53. The fourth-order valence-electron chi connectivity index (χ4n) is 2.14. The Hall–Kier alpha value is -1.62. The minimum absolute atomic E-state index is 0.203. The van der Waals surface area contributed by atoms with Crippen LogP contribution in [0.25, 0.3) is 0 Å². The van der Waals surface area contributed by atoms with E-state index in [4.69, 9.17) is 10.5 Å². The van der Waals surface area contributed by atoms with Crippen molar-refractivity contribution >= 4 is 6.34 Å². The monoisotopic (exact) mass is 265 g/mol. The molecule has 1 aromatic rings. The Balaban J connectivity index is 2.38. The number of halogens is 1. The summed E-state index contributed by atoms with van der Waals surface area (Å²) in [5, 5.41) is 0. The predicted octanol–water partition coefficient (Wildman–Crippen LogP) is 2.03. The zero-order chi connectivity index (χ0) is 14.0. The van der Waals surface area contributed by atoms with Crippen LogP contribution in [0.4, 0.5) is 4.39 Å². The van der Waals surface area contributed by atoms with Crippen molar-refractivity contribution in [3.63, 3.8) is 0 Å². The first kappa shape index (κ1) is 13.8. The van der Waals surface area contributed by atoms with E-state index in [1.807, 2.05) is 24.8 Å². The van der Waals surface area contributed by atoms with Gasteiger partial charge in [-0.15, -0.1) is 0 Å². The maximum Gasteiger partial charge on any atom is 0.247 e. The van der Waals surface area contributed by atoms with Crippen LogP contribution in [0, 0.1) is 0 Å². The van der Waals surface area contributed by atoms with Gasteiger partial charge in [-0.3, -0.25) is 0 Å². The van der Waals surface area contributed by atoms with E-state index in [1.54, 1.807) is 18.5 Å². The van der Waals surface area contributed by atoms with E-state index in [0.29, 0.717) is 17.9 Å². The number of rotatable bonds is 4. The van der Waals surface area contributed by atoms with E-state index in [-0.39, 0.29) is 12.6 Å². The molecule has 0 spiro atoms. The number of benzene rings is 1. The number of methoxy groups -OCH3 is 1. The summed E-state index contributed by atoms with van der Waals surface area (Å²) in [6.07, 6.45) is 1.57. The molecule has 0 aliphatic carbocycles. The van der Waals surface area contributed by atoms with Gasteiger partial charge in [-0.1, -0.05) is 6.07 Å². The SMILES string of the molecule is COc1ccc(CN)cc1C1(F)CN(C(C)C)C=N1. The summed E-state index contributed by atoms with van der Waals surface area (Å²) in [5.41, 5.74) is 6.92. The fourth-order valence-corrected chi connectivity index (χ4v) is 2.14. The van der Waals surface area contributed by atoms with E-state index in [2.05, 4.69) is 4.99 Å². The van der Waals surface area contributed by atoms with Crippen LogP contribution in [0.2, 0.25) is 0 Å². The highest BCUT2D eigenvalue weighted by Crippen LogP contribution is 2.38. The lowest BCUT2D eigenvalue weighted by atomic mass is 10.0. The number of alkyl halides is 1. The Morgan fingerprint density at radius 2 is 2.26 bits per heavy atom. The van der Waals surface area contributed by atoms with Crippen LogP contribution in [0.15, 0.2) is 23.2 Å². The molecule has 5 heteroatoms. The van der Waals surface area contributed by atoms with Crippen LogP contribution in [0.5, 0.6) is 5.75 Å². The minimum atomic E-state index is -1.76. The number of ether oxygens (including phenoxy) is 1. The molecule has 0 aromatic heterocycles. The maximum atomic E-state index is 15.1. The molecular weight excluding hydrogens is 245 g/mol. The first-order chi connectivity index (χ1) is 9.00. The van der Waals surface area contributed by atoms with E-state index < -0.39 is 5.79 Å². The van der Waals surface area contributed by atoms with Crippen LogP contribution < -0.4 is 10.5 Å². The molecule has 2 N–H and O–H groups in total. The molecule has 1 aliphatic rings. The lowest BCUT2D eigenvalue weighted by molar-refractivity contribution is 0.146. The lowest BCUT2D eigenvalue weighted by Crippen LogP contribution is -2.33. The van der Waals surface area contributed by atoms with Crippen LogP contribution in [-0.2, 0) is 12.3 Å². The molecule has 2 rings (SSSR count). The predicted molar refractivity (Wildman–Crippen MR) is 74.0 cm³/mol. The van der Waals surface area contributed by atoms with Crippen LogP contribution in [0.1, 0.15) is 25.0 Å². The second-order valence-corrected chi connectivity index (χ2v) is 5.01. The smallest absolute Gasteiger partial charge is 0.247 e. The minimum Gasteiger partial charge on any atom is -0.496 e. The van der Waals surface area contributed by atoms with Gasteiger partial charge in [0, 0.05) is 12.6 Å². The molecule has 4 nitrogen and oxygen atoms in total. The van der Waals surface area contributed by atoms with Gasteiger partial charge >= 0.3 is 0 Å². The lowest BCUT2D eigenvalue weighted by Gasteiger charge is -2.25. The zero-order valence-corrected chi connectivity index (χ0v) is 11.6. The van der Waals surface area contributed by atoms with Crippen molar-refractivity contribution in [3.05, 3.63) is 29.3 Å². The van der Waals surface area contributed by atoms with E-state index in [9.17, 15) is 0 Å². The second kappa shape index (κ2) is 5.17. The van der Waals surface area contributed by atoms with Gasteiger partial charge in [-0.25, -0.2) is 9.38 Å². The van der Waals surface area contributed by atoms with Gasteiger partial charge in [-0.2, -0.15) is 0 Å². The fraction of sp³-hybridized carbons (Fsp3) is 0.500. The number of nitrogens with two attached hydrogens (primary N) is 1. The molecule has 19 heavy (non-hydrogen) atoms. The van der Waals surface area contributed by atoms with Crippen LogP contribution >= 0.6 is 0 Å². The third-order valence-corrected chi connectivity index (χ3v) is 3.38. The van der Waals surface area contributed by atoms with E-state index >= 15 is 4.39 Å². The number of hydrogen-bond acceptors (Lipinski definition) is 4. The van der Waals surface area contributed by atoms with Crippen LogP contribution in [0.3, 0.4) is 0 Å². The van der Waals surface area contributed by atoms with E-state index in [1.165, 1.54) is 7.11 Å². The molecule has 0 saturated heterocycles. The molecule has 104 valence electrons. The highest BCUT2D eigenvalue weighted by Gasteiger charge is 2.40. The Labute approximate surface area is 113 Å². The van der Waals surface area contributed by atoms with Crippen molar-refractivity contribution in [1.29, 1.82) is 0 Å². The van der Waals surface area contributed by atoms with Gasteiger partial charge in [0.2, 0.25) is 5.79 Å². The Bertz CT molecular complexity index is 490. The maximum absolute atomic E-state index is 15.1. The van der Waals surface area contributed by atoms with Crippen molar-refractivity contribution in [2.45, 2.75) is 32.2 Å². The van der Waals surface area contributed by atoms with Gasteiger partial charge in [0.05, 0.1) is 25.6 Å². The van der Waals surface area contributed by atoms with Crippen molar-refractivity contribution in [2.75, 3.05) is 13.7 Å². The third kappa shape index (κ3) is 2.56. The molecule has 1 unspecified atom stereocenters. The first-order valence-corrected chi connectivity index (χ1v) is 6.37. The molecule has 0 bridgehead atoms. The quantitative estimate of drug-likeness (QED) is 0.847. The third-order valence-electron chi connectivity index (χ3n) is 3.38. The molecule has 1 aromatic carbocycles. The second-order valence-electron chi connectivity index (χ2n) is 5.01. The van der Waals surface area contributed by atoms with E-state index in [0.717, 1.165) is 5.56 Å². The van der Waals surface area contributed by atoms with Crippen molar-refractivity contribution in [3.8, 4) is 5.75 Å².